The molecule has 0 saturated heterocycles. The van der Waals surface area contributed by atoms with E-state index in [0.29, 0.717) is 12.1 Å². The molecule has 0 unspecified atom stereocenters. The zero-order valence-corrected chi connectivity index (χ0v) is 15.5. The van der Waals surface area contributed by atoms with Crippen molar-refractivity contribution in [2.24, 2.45) is 0 Å². The quantitative estimate of drug-likeness (QED) is 0.512. The molecule has 0 radical (unpaired) electrons. The van der Waals surface area contributed by atoms with E-state index in [1.165, 1.54) is 12.1 Å². The summed E-state index contributed by atoms with van der Waals surface area (Å²) in [5, 5.41) is 10.7. The number of ether oxygens (including phenoxy) is 1. The summed E-state index contributed by atoms with van der Waals surface area (Å²) in [6.45, 7) is 2.24. The lowest BCUT2D eigenvalue weighted by Crippen LogP contribution is -2.16. The molecule has 142 valence electrons. The van der Waals surface area contributed by atoms with E-state index in [1.807, 2.05) is 66.1 Å². The van der Waals surface area contributed by atoms with Crippen molar-refractivity contribution in [3.63, 3.8) is 0 Å². The number of imidazole rings is 1. The molecule has 0 aliphatic rings. The van der Waals surface area contributed by atoms with Crippen LogP contribution < -0.4 is 4.74 Å². The fourth-order valence-electron chi connectivity index (χ4n) is 3.32. The molecule has 5 heteroatoms. The first-order valence-electron chi connectivity index (χ1n) is 9.22. The zero-order chi connectivity index (χ0) is 19.5. The number of rotatable bonds is 6. The van der Waals surface area contributed by atoms with E-state index in [1.54, 1.807) is 12.1 Å². The fourth-order valence-corrected chi connectivity index (χ4v) is 3.32. The largest absolute Gasteiger partial charge is 0.483 e. The Labute approximate surface area is 162 Å². The van der Waals surface area contributed by atoms with Gasteiger partial charge in [0.25, 0.3) is 0 Å². The monoisotopic (exact) mass is 376 g/mol. The van der Waals surface area contributed by atoms with Crippen LogP contribution in [0.1, 0.15) is 30.5 Å². The maximum Gasteiger partial charge on any atom is 0.153 e. The Bertz CT molecular complexity index is 1060. The normalized spacial score (nSPS) is 13.4. The molecular weight excluding hydrogens is 355 g/mol. The van der Waals surface area contributed by atoms with Crippen molar-refractivity contribution >= 4 is 11.0 Å². The van der Waals surface area contributed by atoms with Crippen LogP contribution in [0.15, 0.2) is 78.9 Å². The molecule has 0 bridgehead atoms. The molecule has 1 N–H and O–H groups in total. The highest BCUT2D eigenvalue weighted by Crippen LogP contribution is 2.27. The van der Waals surface area contributed by atoms with Crippen molar-refractivity contribution in [2.75, 3.05) is 0 Å². The first-order chi connectivity index (χ1) is 13.6. The van der Waals surface area contributed by atoms with Crippen LogP contribution in [0, 0.1) is 5.82 Å². The van der Waals surface area contributed by atoms with E-state index in [0.717, 1.165) is 22.6 Å². The van der Waals surface area contributed by atoms with Gasteiger partial charge in [-0.1, -0.05) is 42.5 Å². The number of aromatic nitrogens is 2. The predicted molar refractivity (Wildman–Crippen MR) is 107 cm³/mol. The number of halogens is 1. The molecule has 28 heavy (non-hydrogen) atoms. The van der Waals surface area contributed by atoms with Gasteiger partial charge >= 0.3 is 0 Å². The lowest BCUT2D eigenvalue weighted by molar-refractivity contribution is 0.149. The van der Waals surface area contributed by atoms with Gasteiger partial charge in [-0.3, -0.25) is 0 Å². The summed E-state index contributed by atoms with van der Waals surface area (Å²) in [5.41, 5.74) is 2.41. The maximum absolute atomic E-state index is 13.2. The first-order valence-corrected chi connectivity index (χ1v) is 9.22. The number of nitrogens with zero attached hydrogens (tertiary/aromatic N) is 2. The van der Waals surface area contributed by atoms with E-state index < -0.39 is 6.10 Å². The van der Waals surface area contributed by atoms with Gasteiger partial charge in [-0.15, -0.1) is 0 Å². The van der Waals surface area contributed by atoms with Gasteiger partial charge in [0, 0.05) is 0 Å². The standard InChI is InChI=1S/C23H21FN2O2/c1-16(28-19-7-3-2-4-8-19)23-25-20-9-5-6-10-21(20)26(23)15-22(27)17-11-13-18(24)14-12-17/h2-14,16,22,27H,15H2,1H3/t16-,22-/m1/s1. The highest BCUT2D eigenvalue weighted by Gasteiger charge is 2.20. The average Bonchev–Trinajstić information content (AvgIpc) is 3.08. The predicted octanol–water partition coefficient (Wildman–Crippen LogP) is 5.05. The molecule has 0 amide bonds. The third-order valence-electron chi connectivity index (χ3n) is 4.71. The third-order valence-corrected chi connectivity index (χ3v) is 4.71. The second-order valence-electron chi connectivity index (χ2n) is 6.71. The maximum atomic E-state index is 13.2. The molecule has 0 fully saturated rings. The first kappa shape index (κ1) is 18.2. The van der Waals surface area contributed by atoms with Crippen molar-refractivity contribution in [2.45, 2.75) is 25.7 Å². The van der Waals surface area contributed by atoms with Crippen LogP contribution in [-0.4, -0.2) is 14.7 Å². The molecule has 3 aromatic carbocycles. The summed E-state index contributed by atoms with van der Waals surface area (Å²) < 4.78 is 21.2. The number of benzene rings is 3. The van der Waals surface area contributed by atoms with Crippen LogP contribution >= 0.6 is 0 Å². The van der Waals surface area contributed by atoms with Crippen LogP contribution in [0.25, 0.3) is 11.0 Å². The number of hydrogen-bond donors (Lipinski definition) is 1. The SMILES string of the molecule is C[C@@H](Oc1ccccc1)c1nc2ccccc2n1C[C@@H](O)c1ccc(F)cc1. The molecule has 2 atom stereocenters. The van der Waals surface area contributed by atoms with Crippen molar-refractivity contribution < 1.29 is 14.2 Å². The van der Waals surface area contributed by atoms with Gasteiger partial charge in [-0.25, -0.2) is 9.37 Å². The molecule has 0 saturated carbocycles. The smallest absolute Gasteiger partial charge is 0.153 e. The molecule has 4 aromatic rings. The Balaban J connectivity index is 1.67. The average molecular weight is 376 g/mol. The third kappa shape index (κ3) is 3.75. The Hall–Kier alpha value is -3.18. The minimum Gasteiger partial charge on any atom is -0.483 e. The Morgan fingerprint density at radius 1 is 0.964 bits per heavy atom. The highest BCUT2D eigenvalue weighted by molar-refractivity contribution is 5.76. The van der Waals surface area contributed by atoms with E-state index in [2.05, 4.69) is 0 Å². The van der Waals surface area contributed by atoms with Gasteiger partial charge in [0.1, 0.15) is 11.6 Å². The molecule has 4 nitrogen and oxygen atoms in total. The Morgan fingerprint density at radius 2 is 1.64 bits per heavy atom. The minimum atomic E-state index is -0.791. The number of aliphatic hydroxyl groups excluding tert-OH is 1. The lowest BCUT2D eigenvalue weighted by Gasteiger charge is -2.19. The van der Waals surface area contributed by atoms with Gasteiger partial charge in [0.05, 0.1) is 23.7 Å². The zero-order valence-electron chi connectivity index (χ0n) is 15.5. The van der Waals surface area contributed by atoms with Crippen molar-refractivity contribution in [1.82, 2.24) is 9.55 Å². The molecular formula is C23H21FN2O2. The summed E-state index contributed by atoms with van der Waals surface area (Å²) in [4.78, 5) is 4.74. The van der Waals surface area contributed by atoms with Crippen molar-refractivity contribution in [3.8, 4) is 5.75 Å². The minimum absolute atomic E-state index is 0.296. The van der Waals surface area contributed by atoms with Gasteiger partial charge < -0.3 is 14.4 Å². The van der Waals surface area contributed by atoms with Gasteiger partial charge in [-0.2, -0.15) is 0 Å². The summed E-state index contributed by atoms with van der Waals surface area (Å²) >= 11 is 0. The molecule has 0 spiro atoms. The summed E-state index contributed by atoms with van der Waals surface area (Å²) in [5.74, 6) is 1.16. The molecule has 0 aliphatic carbocycles. The molecule has 1 heterocycles. The lowest BCUT2D eigenvalue weighted by atomic mass is 10.1. The van der Waals surface area contributed by atoms with Crippen LogP contribution in [-0.2, 0) is 6.54 Å². The topological polar surface area (TPSA) is 47.3 Å². The fraction of sp³-hybridized carbons (Fsp3) is 0.174. The van der Waals surface area contributed by atoms with Crippen molar-refractivity contribution in [1.29, 1.82) is 0 Å². The van der Waals surface area contributed by atoms with E-state index >= 15 is 0 Å². The van der Waals surface area contributed by atoms with Gasteiger partial charge in [-0.05, 0) is 48.9 Å². The van der Waals surface area contributed by atoms with Crippen LogP contribution in [0.3, 0.4) is 0 Å². The van der Waals surface area contributed by atoms with Crippen molar-refractivity contribution in [3.05, 3.63) is 96.1 Å². The van der Waals surface area contributed by atoms with E-state index in [4.69, 9.17) is 9.72 Å². The van der Waals surface area contributed by atoms with Crippen LogP contribution in [0.5, 0.6) is 5.75 Å². The van der Waals surface area contributed by atoms with E-state index in [9.17, 15) is 9.50 Å². The number of hydrogen-bond acceptors (Lipinski definition) is 3. The number of para-hydroxylation sites is 3. The second-order valence-corrected chi connectivity index (χ2v) is 6.71. The van der Waals surface area contributed by atoms with E-state index in [-0.39, 0.29) is 11.9 Å². The summed E-state index contributed by atoms with van der Waals surface area (Å²) in [6, 6.07) is 23.3. The van der Waals surface area contributed by atoms with Gasteiger partial charge in [0.2, 0.25) is 0 Å². The highest BCUT2D eigenvalue weighted by atomic mass is 19.1. The summed E-state index contributed by atoms with van der Waals surface area (Å²) in [7, 11) is 0. The Kier molecular flexibility index (Phi) is 5.08. The van der Waals surface area contributed by atoms with Gasteiger partial charge in [0.15, 0.2) is 11.9 Å². The molecule has 4 rings (SSSR count). The summed E-state index contributed by atoms with van der Waals surface area (Å²) in [6.07, 6.45) is -1.10. The number of fused-ring (bicyclic) bond motifs is 1. The molecule has 1 aromatic heterocycles. The van der Waals surface area contributed by atoms with Crippen LogP contribution in [0.2, 0.25) is 0 Å². The molecule has 0 aliphatic heterocycles. The Morgan fingerprint density at radius 3 is 2.39 bits per heavy atom. The van der Waals surface area contributed by atoms with Crippen LogP contribution in [0.4, 0.5) is 4.39 Å². The second kappa shape index (κ2) is 7.82. The number of aliphatic hydroxyl groups is 1.